The lowest BCUT2D eigenvalue weighted by Crippen LogP contribution is -2.29. The van der Waals surface area contributed by atoms with E-state index in [4.69, 9.17) is 9.72 Å². The molecule has 0 saturated carbocycles. The van der Waals surface area contributed by atoms with E-state index >= 15 is 0 Å². The van der Waals surface area contributed by atoms with E-state index in [1.54, 1.807) is 24.3 Å². The molecule has 0 aliphatic heterocycles. The number of rotatable bonds is 5. The van der Waals surface area contributed by atoms with Gasteiger partial charge in [-0.2, -0.15) is 0 Å². The zero-order valence-electron chi connectivity index (χ0n) is 20.5. The van der Waals surface area contributed by atoms with Gasteiger partial charge >= 0.3 is 11.9 Å². The lowest BCUT2D eigenvalue weighted by atomic mass is 9.70. The van der Waals surface area contributed by atoms with E-state index in [9.17, 15) is 14.4 Å². The van der Waals surface area contributed by atoms with Gasteiger partial charge in [0.25, 0.3) is 5.91 Å². The second-order valence-corrected chi connectivity index (χ2v) is 9.93. The Morgan fingerprint density at radius 3 is 2.43 bits per heavy atom. The smallest absolute Gasteiger partial charge is 0.339 e. The predicted molar refractivity (Wildman–Crippen MR) is 133 cm³/mol. The average Bonchev–Trinajstić information content (AvgIpc) is 2.84. The van der Waals surface area contributed by atoms with Crippen LogP contribution in [0.1, 0.15) is 59.2 Å². The third-order valence-electron chi connectivity index (χ3n) is 6.61. The lowest BCUT2D eigenvalue weighted by Gasteiger charge is -2.35. The fraction of sp³-hybridized carbons (Fsp3) is 0.357. The third-order valence-corrected chi connectivity index (χ3v) is 6.61. The van der Waals surface area contributed by atoms with E-state index in [1.165, 1.54) is 7.11 Å². The molecule has 1 aromatic heterocycles. The number of aromatic nitrogens is 1. The van der Waals surface area contributed by atoms with Crippen LogP contribution in [0.15, 0.2) is 48.5 Å². The molecule has 0 radical (unpaired) electrons. The quantitative estimate of drug-likeness (QED) is 0.525. The van der Waals surface area contributed by atoms with Crippen molar-refractivity contribution in [1.82, 2.24) is 4.98 Å². The first-order valence-corrected chi connectivity index (χ1v) is 11.7. The van der Waals surface area contributed by atoms with Crippen molar-refractivity contribution in [3.63, 3.8) is 0 Å². The first kappa shape index (κ1) is 24.4. The summed E-state index contributed by atoms with van der Waals surface area (Å²) in [5.41, 5.74) is 4.09. The number of aryl methyl sites for hydroxylation is 1. The first-order chi connectivity index (χ1) is 16.7. The Morgan fingerprint density at radius 1 is 1.03 bits per heavy atom. The predicted octanol–water partition coefficient (Wildman–Crippen LogP) is 4.97. The van der Waals surface area contributed by atoms with Gasteiger partial charge in [0.2, 0.25) is 0 Å². The van der Waals surface area contributed by atoms with Crippen LogP contribution in [0.3, 0.4) is 0 Å². The molecular weight excluding hydrogens is 444 g/mol. The molecular formula is C28H30N2O5. The summed E-state index contributed by atoms with van der Waals surface area (Å²) in [5, 5.41) is 3.42. The molecule has 0 bridgehead atoms. The number of hydrogen-bond acceptors (Lipinski definition) is 6. The Bertz CT molecular complexity index is 1270. The van der Waals surface area contributed by atoms with E-state index in [2.05, 4.69) is 30.8 Å². The highest BCUT2D eigenvalue weighted by atomic mass is 16.5. The number of para-hydroxylation sites is 1. The molecule has 7 heteroatoms. The van der Waals surface area contributed by atoms with Crippen LogP contribution in [0, 0.1) is 11.3 Å². The molecule has 0 fully saturated rings. The molecule has 1 N–H and O–H groups in total. The summed E-state index contributed by atoms with van der Waals surface area (Å²) in [7, 11) is 1.30. The molecule has 182 valence electrons. The van der Waals surface area contributed by atoms with Gasteiger partial charge in [0, 0.05) is 16.8 Å². The van der Waals surface area contributed by atoms with E-state index < -0.39 is 24.5 Å². The summed E-state index contributed by atoms with van der Waals surface area (Å²) in [6.45, 7) is 6.23. The monoisotopic (exact) mass is 474 g/mol. The average molecular weight is 475 g/mol. The number of anilines is 1. The van der Waals surface area contributed by atoms with Gasteiger partial charge in [-0.1, -0.05) is 39.0 Å². The van der Waals surface area contributed by atoms with E-state index in [0.29, 0.717) is 22.7 Å². The number of nitrogens with one attached hydrogen (secondary N) is 1. The Hall–Kier alpha value is -3.74. The number of amides is 1. The Morgan fingerprint density at radius 2 is 1.74 bits per heavy atom. The van der Waals surface area contributed by atoms with Crippen LogP contribution in [0.2, 0.25) is 0 Å². The van der Waals surface area contributed by atoms with Gasteiger partial charge in [-0.05, 0) is 66.5 Å². The summed E-state index contributed by atoms with van der Waals surface area (Å²) in [6, 6.07) is 13.8. The second-order valence-electron chi connectivity index (χ2n) is 9.93. The largest absolute Gasteiger partial charge is 0.465 e. The fourth-order valence-corrected chi connectivity index (χ4v) is 4.57. The first-order valence-electron chi connectivity index (χ1n) is 11.7. The van der Waals surface area contributed by atoms with Gasteiger partial charge in [-0.3, -0.25) is 9.78 Å². The molecule has 35 heavy (non-hydrogen) atoms. The summed E-state index contributed by atoms with van der Waals surface area (Å²) < 4.78 is 10.2. The normalized spacial score (nSPS) is 15.3. The van der Waals surface area contributed by atoms with Crippen molar-refractivity contribution in [3.8, 4) is 0 Å². The number of carbonyl (C=O) groups is 3. The van der Waals surface area contributed by atoms with Crippen molar-refractivity contribution in [2.45, 2.75) is 40.0 Å². The summed E-state index contributed by atoms with van der Waals surface area (Å²) in [4.78, 5) is 42.2. The SMILES string of the molecule is COC(=O)c1ccc(NC(=O)COC(=O)c2c3c(nc4ccccc24)CCC(C(C)(C)C)C3)cc1. The van der Waals surface area contributed by atoms with Crippen LogP contribution < -0.4 is 5.32 Å². The van der Waals surface area contributed by atoms with E-state index in [0.717, 1.165) is 41.4 Å². The Labute approximate surface area is 204 Å². The summed E-state index contributed by atoms with van der Waals surface area (Å²) in [6.07, 6.45) is 2.58. The molecule has 0 saturated heterocycles. The fourth-order valence-electron chi connectivity index (χ4n) is 4.57. The van der Waals surface area contributed by atoms with Crippen LogP contribution in [-0.4, -0.2) is 36.5 Å². The number of pyridine rings is 1. The molecule has 2 aromatic carbocycles. The second kappa shape index (κ2) is 9.86. The zero-order chi connectivity index (χ0) is 25.2. The Balaban J connectivity index is 1.52. The number of fused-ring (bicyclic) bond motifs is 2. The molecule has 1 aliphatic carbocycles. The molecule has 1 aliphatic rings. The van der Waals surface area contributed by atoms with Gasteiger partial charge in [-0.25, -0.2) is 9.59 Å². The molecule has 0 spiro atoms. The van der Waals surface area contributed by atoms with Crippen molar-refractivity contribution in [2.24, 2.45) is 11.3 Å². The van der Waals surface area contributed by atoms with Crippen molar-refractivity contribution in [3.05, 3.63) is 70.9 Å². The van der Waals surface area contributed by atoms with Gasteiger partial charge in [0.05, 0.1) is 23.8 Å². The number of nitrogens with zero attached hydrogens (tertiary/aromatic N) is 1. The molecule has 1 atom stereocenters. The maximum Gasteiger partial charge on any atom is 0.339 e. The van der Waals surface area contributed by atoms with Gasteiger partial charge in [0.1, 0.15) is 0 Å². The highest BCUT2D eigenvalue weighted by Gasteiger charge is 2.33. The molecule has 1 heterocycles. The van der Waals surface area contributed by atoms with Crippen LogP contribution in [0.5, 0.6) is 0 Å². The number of carbonyl (C=O) groups excluding carboxylic acids is 3. The number of methoxy groups -OCH3 is 1. The number of hydrogen-bond donors (Lipinski definition) is 1. The third kappa shape index (κ3) is 5.34. The minimum Gasteiger partial charge on any atom is -0.465 e. The highest BCUT2D eigenvalue weighted by molar-refractivity contribution is 6.06. The standard InChI is InChI=1S/C28H30N2O5/c1-28(2,3)18-11-14-23-21(15-18)25(20-7-5-6-8-22(20)30-23)27(33)35-16-24(31)29-19-12-9-17(10-13-19)26(32)34-4/h5-10,12-13,18H,11,14-16H2,1-4H3,(H,29,31). The highest BCUT2D eigenvalue weighted by Crippen LogP contribution is 2.39. The Kier molecular flexibility index (Phi) is 6.87. The van der Waals surface area contributed by atoms with Crippen LogP contribution in [0.25, 0.3) is 10.9 Å². The number of benzene rings is 2. The van der Waals surface area contributed by atoms with Gasteiger partial charge in [0.15, 0.2) is 6.61 Å². The maximum absolute atomic E-state index is 13.3. The van der Waals surface area contributed by atoms with Gasteiger partial charge in [-0.15, -0.1) is 0 Å². The van der Waals surface area contributed by atoms with Gasteiger partial charge < -0.3 is 14.8 Å². The molecule has 1 unspecified atom stereocenters. The molecule has 1 amide bonds. The minimum absolute atomic E-state index is 0.105. The molecule has 4 rings (SSSR count). The van der Waals surface area contributed by atoms with Crippen LogP contribution in [0.4, 0.5) is 5.69 Å². The molecule has 3 aromatic rings. The number of ether oxygens (including phenoxy) is 2. The summed E-state index contributed by atoms with van der Waals surface area (Å²) >= 11 is 0. The van der Waals surface area contributed by atoms with Crippen molar-refractivity contribution < 1.29 is 23.9 Å². The van der Waals surface area contributed by atoms with Crippen molar-refractivity contribution >= 4 is 34.4 Å². The van der Waals surface area contributed by atoms with Crippen LogP contribution >= 0.6 is 0 Å². The number of esters is 2. The van der Waals surface area contributed by atoms with Crippen molar-refractivity contribution in [2.75, 3.05) is 19.0 Å². The molecule has 7 nitrogen and oxygen atoms in total. The van der Waals surface area contributed by atoms with Crippen LogP contribution in [-0.2, 0) is 27.1 Å². The maximum atomic E-state index is 13.3. The lowest BCUT2D eigenvalue weighted by molar-refractivity contribution is -0.119. The zero-order valence-corrected chi connectivity index (χ0v) is 20.5. The summed E-state index contributed by atoms with van der Waals surface area (Å²) in [5.74, 6) is -1.03. The van der Waals surface area contributed by atoms with E-state index in [-0.39, 0.29) is 5.41 Å². The topological polar surface area (TPSA) is 94.6 Å². The van der Waals surface area contributed by atoms with E-state index in [1.807, 2.05) is 24.3 Å². The minimum atomic E-state index is -0.523. The van der Waals surface area contributed by atoms with Crippen molar-refractivity contribution in [1.29, 1.82) is 0 Å².